The first-order valence-corrected chi connectivity index (χ1v) is 6.64. The van der Waals surface area contributed by atoms with Gasteiger partial charge in [0, 0.05) is 16.8 Å². The Morgan fingerprint density at radius 2 is 2.35 bits per heavy atom. The van der Waals surface area contributed by atoms with E-state index in [2.05, 4.69) is 11.4 Å². The molecule has 0 saturated heterocycles. The summed E-state index contributed by atoms with van der Waals surface area (Å²) in [6.07, 6.45) is 2.75. The number of carbonyl (C=O) groups is 1. The van der Waals surface area contributed by atoms with Gasteiger partial charge in [-0.1, -0.05) is 6.07 Å². The van der Waals surface area contributed by atoms with E-state index >= 15 is 0 Å². The smallest absolute Gasteiger partial charge is 0.223 e. The van der Waals surface area contributed by atoms with E-state index in [9.17, 15) is 4.79 Å². The number of nitrogens with two attached hydrogens (primary N) is 1. The van der Waals surface area contributed by atoms with Crippen LogP contribution in [0.1, 0.15) is 37.1 Å². The van der Waals surface area contributed by atoms with Gasteiger partial charge in [-0.25, -0.2) is 0 Å². The van der Waals surface area contributed by atoms with Crippen molar-refractivity contribution in [3.8, 4) is 0 Å². The standard InChI is InChI=1S/C12H18N2OS.ClH/c1-8(11-3-2-6-16-11)14-12(15)9-4-5-10(13)7-9;/h2-3,6,8-10H,4-5,7,13H2,1H3,(H,14,15);1H. The van der Waals surface area contributed by atoms with E-state index in [1.807, 2.05) is 18.4 Å². The van der Waals surface area contributed by atoms with E-state index in [0.29, 0.717) is 0 Å². The van der Waals surface area contributed by atoms with Crippen LogP contribution in [0.25, 0.3) is 0 Å². The normalized spacial score (nSPS) is 25.1. The minimum atomic E-state index is 0. The second-order valence-electron chi connectivity index (χ2n) is 4.52. The van der Waals surface area contributed by atoms with Gasteiger partial charge in [0.15, 0.2) is 0 Å². The Bertz CT molecular complexity index is 355. The first-order chi connectivity index (χ1) is 7.66. The highest BCUT2D eigenvalue weighted by atomic mass is 35.5. The Hall–Kier alpha value is -0.580. The van der Waals surface area contributed by atoms with Crippen molar-refractivity contribution < 1.29 is 4.79 Å². The Morgan fingerprint density at radius 1 is 1.59 bits per heavy atom. The van der Waals surface area contributed by atoms with Gasteiger partial charge in [-0.15, -0.1) is 23.7 Å². The zero-order valence-corrected chi connectivity index (χ0v) is 11.5. The number of hydrogen-bond donors (Lipinski definition) is 2. The molecule has 0 aromatic carbocycles. The summed E-state index contributed by atoms with van der Waals surface area (Å²) in [6.45, 7) is 2.03. The molecule has 5 heteroatoms. The average Bonchev–Trinajstić information content (AvgIpc) is 2.87. The molecule has 0 bridgehead atoms. The molecule has 1 aliphatic carbocycles. The van der Waals surface area contributed by atoms with Crippen LogP contribution in [-0.4, -0.2) is 11.9 Å². The van der Waals surface area contributed by atoms with Crippen molar-refractivity contribution in [1.82, 2.24) is 5.32 Å². The molecule has 3 atom stereocenters. The fourth-order valence-corrected chi connectivity index (χ4v) is 2.93. The van der Waals surface area contributed by atoms with Gasteiger partial charge in [-0.05, 0) is 37.6 Å². The van der Waals surface area contributed by atoms with Gasteiger partial charge in [0.2, 0.25) is 5.91 Å². The molecule has 1 aromatic rings. The molecule has 1 aromatic heterocycles. The number of hydrogen-bond acceptors (Lipinski definition) is 3. The third kappa shape index (κ3) is 3.69. The highest BCUT2D eigenvalue weighted by Crippen LogP contribution is 2.26. The number of rotatable bonds is 3. The molecule has 1 aliphatic rings. The fourth-order valence-electron chi connectivity index (χ4n) is 2.19. The molecule has 96 valence electrons. The largest absolute Gasteiger partial charge is 0.349 e. The minimum Gasteiger partial charge on any atom is -0.349 e. The Morgan fingerprint density at radius 3 is 2.88 bits per heavy atom. The monoisotopic (exact) mass is 274 g/mol. The lowest BCUT2D eigenvalue weighted by molar-refractivity contribution is -0.125. The van der Waals surface area contributed by atoms with Crippen LogP contribution in [0.5, 0.6) is 0 Å². The Labute approximate surface area is 112 Å². The van der Waals surface area contributed by atoms with Crippen molar-refractivity contribution >= 4 is 29.7 Å². The highest BCUT2D eigenvalue weighted by Gasteiger charge is 2.28. The summed E-state index contributed by atoms with van der Waals surface area (Å²) in [7, 11) is 0. The Kier molecular flexibility index (Phi) is 5.43. The molecule has 1 heterocycles. The maximum Gasteiger partial charge on any atom is 0.223 e. The number of halogens is 1. The molecular formula is C12H19ClN2OS. The number of carbonyl (C=O) groups excluding carboxylic acids is 1. The van der Waals surface area contributed by atoms with Crippen LogP contribution >= 0.6 is 23.7 Å². The zero-order chi connectivity index (χ0) is 11.5. The third-order valence-corrected chi connectivity index (χ3v) is 4.23. The fraction of sp³-hybridized carbons (Fsp3) is 0.583. The van der Waals surface area contributed by atoms with Crippen LogP contribution in [0.2, 0.25) is 0 Å². The molecule has 3 N–H and O–H groups in total. The summed E-state index contributed by atoms with van der Waals surface area (Å²) in [5.41, 5.74) is 5.81. The molecule has 3 nitrogen and oxygen atoms in total. The molecule has 1 fully saturated rings. The molecule has 0 aliphatic heterocycles. The van der Waals surface area contributed by atoms with Gasteiger partial charge in [-0.3, -0.25) is 4.79 Å². The van der Waals surface area contributed by atoms with Crippen LogP contribution in [0, 0.1) is 5.92 Å². The molecule has 0 spiro atoms. The average molecular weight is 275 g/mol. The lowest BCUT2D eigenvalue weighted by atomic mass is 10.1. The number of thiophene rings is 1. The van der Waals surface area contributed by atoms with Gasteiger partial charge in [0.25, 0.3) is 0 Å². The van der Waals surface area contributed by atoms with Crippen molar-refractivity contribution in [2.24, 2.45) is 11.7 Å². The summed E-state index contributed by atoms with van der Waals surface area (Å²) in [4.78, 5) is 13.1. The highest BCUT2D eigenvalue weighted by molar-refractivity contribution is 7.10. The van der Waals surface area contributed by atoms with Gasteiger partial charge in [-0.2, -0.15) is 0 Å². The van der Waals surface area contributed by atoms with E-state index < -0.39 is 0 Å². The topological polar surface area (TPSA) is 55.1 Å². The first-order valence-electron chi connectivity index (χ1n) is 5.76. The molecule has 3 unspecified atom stereocenters. The van der Waals surface area contributed by atoms with Crippen LogP contribution in [0.3, 0.4) is 0 Å². The van der Waals surface area contributed by atoms with Crippen molar-refractivity contribution in [1.29, 1.82) is 0 Å². The van der Waals surface area contributed by atoms with Gasteiger partial charge in [0.05, 0.1) is 6.04 Å². The molecular weight excluding hydrogens is 256 g/mol. The predicted octanol–water partition coefficient (Wildman–Crippen LogP) is 2.47. The van der Waals surface area contributed by atoms with E-state index in [4.69, 9.17) is 5.73 Å². The minimum absolute atomic E-state index is 0. The summed E-state index contributed by atoms with van der Waals surface area (Å²) in [5.74, 6) is 0.284. The lowest BCUT2D eigenvalue weighted by Crippen LogP contribution is -2.32. The lowest BCUT2D eigenvalue weighted by Gasteiger charge is -2.15. The van der Waals surface area contributed by atoms with Crippen molar-refractivity contribution in [3.63, 3.8) is 0 Å². The predicted molar refractivity (Wildman–Crippen MR) is 73.4 cm³/mol. The molecule has 17 heavy (non-hydrogen) atoms. The van der Waals surface area contributed by atoms with E-state index in [1.165, 1.54) is 4.88 Å². The van der Waals surface area contributed by atoms with Crippen LogP contribution in [0.4, 0.5) is 0 Å². The van der Waals surface area contributed by atoms with E-state index in [1.54, 1.807) is 11.3 Å². The SMILES string of the molecule is CC(NC(=O)C1CCC(N)C1)c1cccs1.Cl. The van der Waals surface area contributed by atoms with Crippen molar-refractivity contribution in [2.45, 2.75) is 38.3 Å². The van der Waals surface area contributed by atoms with Gasteiger partial charge < -0.3 is 11.1 Å². The van der Waals surface area contributed by atoms with Crippen LogP contribution < -0.4 is 11.1 Å². The van der Waals surface area contributed by atoms with E-state index in [-0.39, 0.29) is 36.3 Å². The maximum absolute atomic E-state index is 11.9. The third-order valence-electron chi connectivity index (χ3n) is 3.17. The number of amides is 1. The summed E-state index contributed by atoms with van der Waals surface area (Å²) < 4.78 is 0. The quantitative estimate of drug-likeness (QED) is 0.890. The van der Waals surface area contributed by atoms with Gasteiger partial charge in [0.1, 0.15) is 0 Å². The van der Waals surface area contributed by atoms with E-state index in [0.717, 1.165) is 19.3 Å². The molecule has 0 radical (unpaired) electrons. The summed E-state index contributed by atoms with van der Waals surface area (Å²) in [6, 6.07) is 4.39. The number of nitrogens with one attached hydrogen (secondary N) is 1. The second-order valence-corrected chi connectivity index (χ2v) is 5.50. The molecule has 1 amide bonds. The van der Waals surface area contributed by atoms with Crippen LogP contribution in [0.15, 0.2) is 17.5 Å². The van der Waals surface area contributed by atoms with Crippen LogP contribution in [-0.2, 0) is 4.79 Å². The summed E-state index contributed by atoms with van der Waals surface area (Å²) >= 11 is 1.68. The maximum atomic E-state index is 11.9. The summed E-state index contributed by atoms with van der Waals surface area (Å²) in [5, 5.41) is 5.09. The Balaban J connectivity index is 0.00000144. The van der Waals surface area contributed by atoms with Crippen molar-refractivity contribution in [3.05, 3.63) is 22.4 Å². The second kappa shape index (κ2) is 6.38. The zero-order valence-electron chi connectivity index (χ0n) is 9.89. The van der Waals surface area contributed by atoms with Gasteiger partial charge >= 0.3 is 0 Å². The van der Waals surface area contributed by atoms with Crippen molar-refractivity contribution in [2.75, 3.05) is 0 Å². The molecule has 2 rings (SSSR count). The molecule has 1 saturated carbocycles. The first kappa shape index (κ1) is 14.5.